The molecule has 0 aliphatic carbocycles. The molecule has 1 amide bonds. The highest BCUT2D eigenvalue weighted by Gasteiger charge is 2.29. The van der Waals surface area contributed by atoms with Crippen LogP contribution in [0.25, 0.3) is 10.9 Å². The summed E-state index contributed by atoms with van der Waals surface area (Å²) in [6.45, 7) is 0.124. The van der Waals surface area contributed by atoms with Crippen LogP contribution in [-0.4, -0.2) is 23.6 Å². The number of nitrogens with two attached hydrogens (primary N) is 1. The van der Waals surface area contributed by atoms with Crippen LogP contribution in [0.1, 0.15) is 43.1 Å². The fourth-order valence-corrected chi connectivity index (χ4v) is 3.97. The number of carbonyl (C=O) groups excluding carboxylic acids is 2. The molecule has 3 aromatic carbocycles. The van der Waals surface area contributed by atoms with Crippen LogP contribution in [0.5, 0.6) is 5.75 Å². The molecule has 0 spiro atoms. The summed E-state index contributed by atoms with van der Waals surface area (Å²) in [6.07, 6.45) is 0. The summed E-state index contributed by atoms with van der Waals surface area (Å²) in [5, 5.41) is 18.6. The Hall–Kier alpha value is -5.08. The Balaban J connectivity index is 1.83. The normalized spacial score (nSPS) is 10.4. The number of hydrogen-bond donors (Lipinski definition) is 1. The van der Waals surface area contributed by atoms with Crippen LogP contribution in [0, 0.1) is 22.7 Å². The molecule has 8 heteroatoms. The van der Waals surface area contributed by atoms with Crippen molar-refractivity contribution in [1.29, 1.82) is 10.5 Å². The molecular formula is C27H20N4O4. The predicted octanol–water partition coefficient (Wildman–Crippen LogP) is 3.90. The van der Waals surface area contributed by atoms with Gasteiger partial charge in [-0.15, -0.1) is 0 Å². The van der Waals surface area contributed by atoms with Crippen molar-refractivity contribution in [3.63, 3.8) is 0 Å². The number of carbonyl (C=O) groups is 2. The fourth-order valence-electron chi connectivity index (χ4n) is 3.97. The monoisotopic (exact) mass is 464 g/mol. The SMILES string of the molecule is COc1cccc2c1c(C(N)=O)c(C(=O)OCc1ccc(C#N)cc1)n2Cc1cccc(C#N)c1. The number of methoxy groups -OCH3 is 1. The van der Waals surface area contributed by atoms with Gasteiger partial charge in [0.05, 0.1) is 46.8 Å². The molecule has 0 fully saturated rings. The molecule has 2 N–H and O–H groups in total. The van der Waals surface area contributed by atoms with Crippen molar-refractivity contribution in [2.45, 2.75) is 13.2 Å². The Kier molecular flexibility index (Phi) is 6.48. The summed E-state index contributed by atoms with van der Waals surface area (Å²) in [7, 11) is 1.47. The zero-order valence-corrected chi connectivity index (χ0v) is 18.8. The van der Waals surface area contributed by atoms with Gasteiger partial charge < -0.3 is 19.8 Å². The van der Waals surface area contributed by atoms with Gasteiger partial charge in [0.25, 0.3) is 5.91 Å². The third-order valence-electron chi connectivity index (χ3n) is 5.56. The number of esters is 1. The lowest BCUT2D eigenvalue weighted by atomic mass is 10.1. The second-order valence-electron chi connectivity index (χ2n) is 7.73. The van der Waals surface area contributed by atoms with Crippen LogP contribution >= 0.6 is 0 Å². The quantitative estimate of drug-likeness (QED) is 0.413. The Labute approximate surface area is 201 Å². The van der Waals surface area contributed by atoms with E-state index in [2.05, 4.69) is 6.07 Å². The van der Waals surface area contributed by atoms with Gasteiger partial charge >= 0.3 is 5.97 Å². The minimum atomic E-state index is -0.797. The van der Waals surface area contributed by atoms with Crippen molar-refractivity contribution in [3.05, 3.63) is 100 Å². The second kappa shape index (κ2) is 9.82. The predicted molar refractivity (Wildman–Crippen MR) is 128 cm³/mol. The zero-order valence-electron chi connectivity index (χ0n) is 18.8. The number of nitrogens with zero attached hydrogens (tertiary/aromatic N) is 3. The summed E-state index contributed by atoms with van der Waals surface area (Å²) >= 11 is 0. The smallest absolute Gasteiger partial charge is 0.356 e. The number of aromatic nitrogens is 1. The van der Waals surface area contributed by atoms with Gasteiger partial charge in [0.15, 0.2) is 0 Å². The van der Waals surface area contributed by atoms with Crippen LogP contribution in [0.3, 0.4) is 0 Å². The number of hydrogen-bond acceptors (Lipinski definition) is 6. The summed E-state index contributed by atoms with van der Waals surface area (Å²) in [4.78, 5) is 26.0. The largest absolute Gasteiger partial charge is 0.496 e. The van der Waals surface area contributed by atoms with Gasteiger partial charge in [-0.2, -0.15) is 10.5 Å². The second-order valence-corrected chi connectivity index (χ2v) is 7.73. The molecule has 0 atom stereocenters. The van der Waals surface area contributed by atoms with Crippen LogP contribution in [0.4, 0.5) is 0 Å². The molecule has 4 rings (SSSR count). The van der Waals surface area contributed by atoms with Crippen molar-refractivity contribution < 1.29 is 19.1 Å². The van der Waals surface area contributed by atoms with Gasteiger partial charge in [-0.05, 0) is 47.5 Å². The standard InChI is InChI=1S/C27H20N4O4/c1-34-22-7-3-6-21-23(22)24(26(30)32)25(31(21)15-20-5-2-4-19(12-20)14-29)27(33)35-16-18-10-8-17(13-28)9-11-18/h2-12H,15-16H2,1H3,(H2,30,32). The first-order chi connectivity index (χ1) is 17.0. The van der Waals surface area contributed by atoms with Crippen LogP contribution in [-0.2, 0) is 17.9 Å². The molecule has 0 saturated carbocycles. The van der Waals surface area contributed by atoms with Crippen LogP contribution in [0.15, 0.2) is 66.7 Å². The van der Waals surface area contributed by atoms with E-state index in [-0.39, 0.29) is 24.4 Å². The number of rotatable bonds is 7. The molecule has 4 aromatic rings. The Morgan fingerprint density at radius 2 is 1.66 bits per heavy atom. The number of primary amides is 1. The number of nitriles is 2. The van der Waals surface area contributed by atoms with E-state index in [4.69, 9.17) is 20.5 Å². The van der Waals surface area contributed by atoms with Gasteiger partial charge in [0.1, 0.15) is 18.1 Å². The molecule has 8 nitrogen and oxygen atoms in total. The Bertz CT molecular complexity index is 1520. The molecule has 1 aromatic heterocycles. The van der Waals surface area contributed by atoms with Crippen molar-refractivity contribution in [2.75, 3.05) is 7.11 Å². The van der Waals surface area contributed by atoms with Gasteiger partial charge in [0.2, 0.25) is 0 Å². The highest BCUT2D eigenvalue weighted by Crippen LogP contribution is 2.35. The van der Waals surface area contributed by atoms with E-state index in [0.717, 1.165) is 5.56 Å². The molecule has 172 valence electrons. The molecule has 0 radical (unpaired) electrons. The molecule has 0 unspecified atom stereocenters. The lowest BCUT2D eigenvalue weighted by Gasteiger charge is -2.12. The Morgan fingerprint density at radius 1 is 0.943 bits per heavy atom. The summed E-state index contributed by atoms with van der Waals surface area (Å²) in [5.41, 5.74) is 8.69. The van der Waals surface area contributed by atoms with E-state index in [0.29, 0.717) is 33.3 Å². The molecule has 1 heterocycles. The van der Waals surface area contributed by atoms with Crippen molar-refractivity contribution in [1.82, 2.24) is 4.57 Å². The highest BCUT2D eigenvalue weighted by atomic mass is 16.5. The third-order valence-corrected chi connectivity index (χ3v) is 5.56. The molecular weight excluding hydrogens is 444 g/mol. The summed E-state index contributed by atoms with van der Waals surface area (Å²) in [6, 6.07) is 22.9. The van der Waals surface area contributed by atoms with Crippen molar-refractivity contribution >= 4 is 22.8 Å². The van der Waals surface area contributed by atoms with Crippen LogP contribution in [0.2, 0.25) is 0 Å². The summed E-state index contributed by atoms with van der Waals surface area (Å²) in [5.74, 6) is -1.14. The number of benzene rings is 3. The van der Waals surface area contributed by atoms with E-state index >= 15 is 0 Å². The van der Waals surface area contributed by atoms with E-state index in [9.17, 15) is 14.9 Å². The maximum absolute atomic E-state index is 13.4. The molecule has 0 bridgehead atoms. The van der Waals surface area contributed by atoms with Gasteiger partial charge in [-0.3, -0.25) is 4.79 Å². The third kappa shape index (κ3) is 4.54. The number of amides is 1. The first-order valence-corrected chi connectivity index (χ1v) is 10.6. The minimum absolute atomic E-state index is 0.00119. The first kappa shape index (κ1) is 23.1. The van der Waals surface area contributed by atoms with E-state index in [1.807, 2.05) is 12.1 Å². The fraction of sp³-hybridized carbons (Fsp3) is 0.111. The number of ether oxygens (including phenoxy) is 2. The molecule has 35 heavy (non-hydrogen) atoms. The lowest BCUT2D eigenvalue weighted by Crippen LogP contribution is -2.20. The number of fused-ring (bicyclic) bond motifs is 1. The van der Waals surface area contributed by atoms with E-state index < -0.39 is 11.9 Å². The zero-order chi connectivity index (χ0) is 24.9. The van der Waals surface area contributed by atoms with Crippen LogP contribution < -0.4 is 10.5 Å². The average molecular weight is 464 g/mol. The van der Waals surface area contributed by atoms with Gasteiger partial charge in [0, 0.05) is 6.54 Å². The Morgan fingerprint density at radius 3 is 2.31 bits per heavy atom. The van der Waals surface area contributed by atoms with Gasteiger partial charge in [-0.1, -0.05) is 30.3 Å². The topological polar surface area (TPSA) is 131 Å². The van der Waals surface area contributed by atoms with E-state index in [1.54, 1.807) is 65.2 Å². The molecule has 0 saturated heterocycles. The molecule has 0 aliphatic heterocycles. The van der Waals surface area contributed by atoms with Gasteiger partial charge in [-0.25, -0.2) is 4.79 Å². The van der Waals surface area contributed by atoms with Crippen molar-refractivity contribution in [2.24, 2.45) is 5.73 Å². The average Bonchev–Trinajstić information content (AvgIpc) is 3.22. The highest BCUT2D eigenvalue weighted by molar-refractivity contribution is 6.16. The minimum Gasteiger partial charge on any atom is -0.496 e. The van der Waals surface area contributed by atoms with Crippen molar-refractivity contribution in [3.8, 4) is 17.9 Å². The first-order valence-electron chi connectivity index (χ1n) is 10.6. The maximum Gasteiger partial charge on any atom is 0.356 e. The maximum atomic E-state index is 13.4. The molecule has 0 aliphatic rings. The lowest BCUT2D eigenvalue weighted by molar-refractivity contribution is 0.0458. The summed E-state index contributed by atoms with van der Waals surface area (Å²) < 4.78 is 12.7. The van der Waals surface area contributed by atoms with E-state index in [1.165, 1.54) is 7.11 Å².